The number of hydrogen-bond acceptors (Lipinski definition) is 14. The number of ether oxygens (including phenoxy) is 6. The van der Waals surface area contributed by atoms with E-state index in [4.69, 9.17) is 28.4 Å². The average Bonchev–Trinajstić information content (AvgIpc) is 3.41. The average molecular weight is 1100 g/mol. The van der Waals surface area contributed by atoms with Gasteiger partial charge in [-0.2, -0.15) is 0 Å². The van der Waals surface area contributed by atoms with Crippen molar-refractivity contribution in [1.29, 1.82) is 0 Å². The number of carbonyl (C=O) groups excluding carboxylic acids is 6. The van der Waals surface area contributed by atoms with Crippen molar-refractivity contribution >= 4 is 60.1 Å². The number of unbranched alkanes of at least 4 members (excludes halogenated alkanes) is 11. The second-order valence-corrected chi connectivity index (χ2v) is 18.0. The Morgan fingerprint density at radius 2 is 0.703 bits per heavy atom. The topological polar surface area (TPSA) is 174 Å². The second-order valence-electron chi connectivity index (χ2n) is 18.0. The SMILES string of the molecule is CC.CC.CC.CC.CCCCCC(C)C.CCCCCCC(C)C.CCCCCCC(C)C(=O)OCC(COC=O)OC(=O)CCC[NH2+]CCCC(=O)OC(COC=O)COC(=O)C(C)CCCCCC.SS. The van der Waals surface area contributed by atoms with Crippen LogP contribution >= 0.6 is 23.3 Å². The van der Waals surface area contributed by atoms with E-state index in [0.717, 1.165) is 76.0 Å². The number of quaternary nitrogens is 1. The standard InChI is InChI=1S/C34H59NO12.C9H20.C8H18.4C2H6.H2S2/c1-5-7-9-11-15-27(3)33(40)44-23-29(21-42-25-36)46-31(38)17-13-19-35-20-14-18-32(39)47-30(22-43-26-37)24-45-34(41)28(4)16-12-10-8-6-2;1-4-5-6-7-8-9(2)3;1-4-5-6-7-8(2)3;5*1-2/h25-30,35H,5-24H2,1-4H3;9H,4-8H2,1-3H3;8H,4-7H2,1-3H3;4*1-2H3;1-2H/p+1. The number of rotatable bonds is 41. The second kappa shape index (κ2) is 79.4. The molecule has 0 aromatic heterocycles. The summed E-state index contributed by atoms with van der Waals surface area (Å²) in [6, 6.07) is 0. The first-order valence-corrected chi connectivity index (χ1v) is 31.2. The first-order valence-electron chi connectivity index (χ1n) is 29.6. The van der Waals surface area contributed by atoms with Crippen molar-refractivity contribution in [2.24, 2.45) is 23.7 Å². The van der Waals surface area contributed by atoms with Gasteiger partial charge < -0.3 is 33.7 Å². The highest BCUT2D eigenvalue weighted by Gasteiger charge is 2.22. The minimum Gasteiger partial charge on any atom is -0.464 e. The van der Waals surface area contributed by atoms with Gasteiger partial charge in [0, 0.05) is 12.8 Å². The molecule has 0 spiro atoms. The van der Waals surface area contributed by atoms with Crippen LogP contribution < -0.4 is 5.32 Å². The van der Waals surface area contributed by atoms with E-state index in [1.54, 1.807) is 13.8 Å². The third-order valence-electron chi connectivity index (χ3n) is 10.5. The normalized spacial score (nSPS) is 11.3. The zero-order chi connectivity index (χ0) is 58.6. The summed E-state index contributed by atoms with van der Waals surface area (Å²) < 4.78 is 30.8. The van der Waals surface area contributed by atoms with Gasteiger partial charge in [-0.15, -0.1) is 23.3 Å². The molecule has 4 atom stereocenters. The van der Waals surface area contributed by atoms with E-state index in [1.165, 1.54) is 57.8 Å². The highest BCUT2D eigenvalue weighted by atomic mass is 33.1. The van der Waals surface area contributed by atoms with Crippen molar-refractivity contribution < 1.29 is 62.5 Å². The first kappa shape index (κ1) is 88.1. The van der Waals surface area contributed by atoms with Crippen LogP contribution in [0.5, 0.6) is 0 Å². The Labute approximate surface area is 468 Å². The fraction of sp³-hybridized carbons (Fsp3) is 0.898. The maximum absolute atomic E-state index is 12.3. The van der Waals surface area contributed by atoms with Crippen LogP contribution in [0.15, 0.2) is 0 Å². The Hall–Kier alpha value is -2.52. The summed E-state index contributed by atoms with van der Waals surface area (Å²) in [5, 5.41) is 1.95. The molecular formula is C59H124NO12S2+. The van der Waals surface area contributed by atoms with Crippen LogP contribution in [0.4, 0.5) is 0 Å². The molecule has 2 N–H and O–H groups in total. The Morgan fingerprint density at radius 1 is 0.419 bits per heavy atom. The predicted molar refractivity (Wildman–Crippen MR) is 318 cm³/mol. The van der Waals surface area contributed by atoms with Gasteiger partial charge in [-0.05, 0) is 24.7 Å². The first-order chi connectivity index (χ1) is 35.7. The molecule has 0 bridgehead atoms. The molecule has 15 heteroatoms. The fourth-order valence-electron chi connectivity index (χ4n) is 6.35. The third kappa shape index (κ3) is 78.4. The molecule has 0 rings (SSSR count). The van der Waals surface area contributed by atoms with E-state index >= 15 is 0 Å². The molecule has 0 heterocycles. The molecule has 0 aliphatic rings. The van der Waals surface area contributed by atoms with E-state index in [9.17, 15) is 28.8 Å². The van der Waals surface area contributed by atoms with Crippen LogP contribution in [-0.4, -0.2) is 88.5 Å². The summed E-state index contributed by atoms with van der Waals surface area (Å²) in [6.45, 7) is 38.4. The van der Waals surface area contributed by atoms with Gasteiger partial charge in [-0.1, -0.05) is 234 Å². The largest absolute Gasteiger partial charge is 0.464 e. The molecule has 448 valence electrons. The summed E-state index contributed by atoms with van der Waals surface area (Å²) in [7, 11) is 0. The molecule has 0 aromatic carbocycles. The molecule has 0 saturated heterocycles. The van der Waals surface area contributed by atoms with E-state index in [2.05, 4.69) is 78.7 Å². The van der Waals surface area contributed by atoms with E-state index in [-0.39, 0.29) is 76.0 Å². The van der Waals surface area contributed by atoms with E-state index in [0.29, 0.717) is 25.9 Å². The van der Waals surface area contributed by atoms with Crippen LogP contribution in [0.2, 0.25) is 0 Å². The number of thiol groups is 2. The van der Waals surface area contributed by atoms with E-state index in [1.807, 2.05) is 60.7 Å². The van der Waals surface area contributed by atoms with Crippen LogP contribution in [0, 0.1) is 23.7 Å². The summed E-state index contributed by atoms with van der Waals surface area (Å²) in [5.74, 6) is -0.483. The summed E-state index contributed by atoms with van der Waals surface area (Å²) in [6.07, 6.45) is 22.1. The Kier molecular flexibility index (Phi) is 94.5. The monoisotopic (exact) mass is 1100 g/mol. The third-order valence-corrected chi connectivity index (χ3v) is 10.5. The van der Waals surface area contributed by atoms with Gasteiger partial charge in [0.15, 0.2) is 12.2 Å². The molecule has 0 fully saturated rings. The number of nitrogens with two attached hydrogens (primary N) is 1. The van der Waals surface area contributed by atoms with Crippen molar-refractivity contribution in [3.8, 4) is 0 Å². The predicted octanol–water partition coefficient (Wildman–Crippen LogP) is 15.3. The molecule has 0 aliphatic heterocycles. The van der Waals surface area contributed by atoms with Crippen LogP contribution in [0.1, 0.15) is 272 Å². The van der Waals surface area contributed by atoms with Crippen molar-refractivity contribution in [3.05, 3.63) is 0 Å². The van der Waals surface area contributed by atoms with Crippen LogP contribution in [-0.2, 0) is 57.2 Å². The summed E-state index contributed by atoms with van der Waals surface area (Å²) in [4.78, 5) is 70.4. The molecule has 13 nitrogen and oxygen atoms in total. The summed E-state index contributed by atoms with van der Waals surface area (Å²) in [5.41, 5.74) is 0. The van der Waals surface area contributed by atoms with Crippen molar-refractivity contribution in [2.75, 3.05) is 39.5 Å². The number of esters is 4. The number of hydrogen-bond donors (Lipinski definition) is 3. The van der Waals surface area contributed by atoms with Gasteiger partial charge >= 0.3 is 23.9 Å². The van der Waals surface area contributed by atoms with Crippen molar-refractivity contribution in [1.82, 2.24) is 0 Å². The molecule has 0 saturated carbocycles. The molecule has 0 radical (unpaired) electrons. The quantitative estimate of drug-likeness (QED) is 0.0132. The van der Waals surface area contributed by atoms with Crippen LogP contribution in [0.25, 0.3) is 0 Å². The highest BCUT2D eigenvalue weighted by molar-refractivity contribution is 8.59. The lowest BCUT2D eigenvalue weighted by molar-refractivity contribution is -0.655. The Morgan fingerprint density at radius 3 is 0.986 bits per heavy atom. The molecule has 0 aromatic rings. The van der Waals surface area contributed by atoms with E-state index < -0.39 is 24.1 Å². The minimum atomic E-state index is -0.887. The van der Waals surface area contributed by atoms with Crippen molar-refractivity contribution in [2.45, 2.75) is 285 Å². The van der Waals surface area contributed by atoms with Gasteiger partial charge in [0.2, 0.25) is 0 Å². The molecule has 4 unspecified atom stereocenters. The van der Waals surface area contributed by atoms with Gasteiger partial charge in [-0.3, -0.25) is 28.8 Å². The lowest BCUT2D eigenvalue weighted by Crippen LogP contribution is -2.84. The van der Waals surface area contributed by atoms with Gasteiger partial charge in [0.05, 0.1) is 37.8 Å². The summed E-state index contributed by atoms with van der Waals surface area (Å²) >= 11 is 6.44. The maximum atomic E-state index is 12.3. The van der Waals surface area contributed by atoms with Crippen molar-refractivity contribution in [3.63, 3.8) is 0 Å². The molecule has 0 aliphatic carbocycles. The Bertz CT molecular complexity index is 1050. The lowest BCUT2D eigenvalue weighted by atomic mass is 10.0. The van der Waals surface area contributed by atoms with Gasteiger partial charge in [0.1, 0.15) is 26.4 Å². The number of carbonyl (C=O) groups is 6. The smallest absolute Gasteiger partial charge is 0.308 e. The Balaban J connectivity index is -0.000000220. The van der Waals surface area contributed by atoms with Crippen LogP contribution in [0.3, 0.4) is 0 Å². The lowest BCUT2D eigenvalue weighted by Gasteiger charge is -2.18. The molecule has 74 heavy (non-hydrogen) atoms. The zero-order valence-electron chi connectivity index (χ0n) is 51.5. The highest BCUT2D eigenvalue weighted by Crippen LogP contribution is 2.15. The van der Waals surface area contributed by atoms with Gasteiger partial charge in [0.25, 0.3) is 12.9 Å². The zero-order valence-corrected chi connectivity index (χ0v) is 53.3. The maximum Gasteiger partial charge on any atom is 0.308 e. The fourth-order valence-corrected chi connectivity index (χ4v) is 6.35. The van der Waals surface area contributed by atoms with Gasteiger partial charge in [-0.25, -0.2) is 0 Å². The molecule has 0 amide bonds. The molecular weight excluding hydrogens is 979 g/mol. The minimum absolute atomic E-state index is 0.117.